The zero-order chi connectivity index (χ0) is 18.6. The smallest absolute Gasteiger partial charge is 0.410 e. The molecule has 1 aromatic carbocycles. The number of non-ortho nitro benzene ring substituents is 1. The number of amides is 1. The summed E-state index contributed by atoms with van der Waals surface area (Å²) in [5, 5.41) is 20.6. The molecule has 0 bridgehead atoms. The van der Waals surface area contributed by atoms with Crippen LogP contribution in [0, 0.1) is 10.1 Å². The standard InChI is InChI=1S/C17H25N3O5.H2S/c1-17(2,3)25-16(22)19-8-7-18(15(11-19)12-21)10-13-5-4-6-14(9-13)20(23)24;/h4-6,9,15,21H,7-8,10-12H2,1-3H3;1H2. The molecule has 0 radical (unpaired) electrons. The first-order valence-electron chi connectivity index (χ1n) is 8.26. The highest BCUT2D eigenvalue weighted by Gasteiger charge is 2.31. The van der Waals surface area contributed by atoms with Gasteiger partial charge in [-0.3, -0.25) is 15.0 Å². The van der Waals surface area contributed by atoms with Crippen LogP contribution in [0.2, 0.25) is 0 Å². The maximum Gasteiger partial charge on any atom is 0.410 e. The van der Waals surface area contributed by atoms with E-state index in [9.17, 15) is 20.0 Å². The summed E-state index contributed by atoms with van der Waals surface area (Å²) in [5.74, 6) is 0. The summed E-state index contributed by atoms with van der Waals surface area (Å²) in [7, 11) is 0. The van der Waals surface area contributed by atoms with Crippen molar-refractivity contribution < 1.29 is 19.6 Å². The van der Waals surface area contributed by atoms with Crippen LogP contribution < -0.4 is 0 Å². The Morgan fingerprint density at radius 3 is 2.65 bits per heavy atom. The molecule has 26 heavy (non-hydrogen) atoms. The summed E-state index contributed by atoms with van der Waals surface area (Å²) in [6.07, 6.45) is -0.388. The Morgan fingerprint density at radius 2 is 2.08 bits per heavy atom. The van der Waals surface area contributed by atoms with Crippen molar-refractivity contribution in [3.05, 3.63) is 39.9 Å². The fourth-order valence-electron chi connectivity index (χ4n) is 2.77. The van der Waals surface area contributed by atoms with E-state index in [4.69, 9.17) is 4.74 Å². The number of carbonyl (C=O) groups is 1. The monoisotopic (exact) mass is 385 g/mol. The number of aliphatic hydroxyl groups is 1. The van der Waals surface area contributed by atoms with Gasteiger partial charge in [-0.15, -0.1) is 0 Å². The summed E-state index contributed by atoms with van der Waals surface area (Å²) in [6.45, 7) is 7.23. The zero-order valence-corrected chi connectivity index (χ0v) is 16.3. The Balaban J connectivity index is 0.00000338. The van der Waals surface area contributed by atoms with Gasteiger partial charge in [0.2, 0.25) is 0 Å². The number of nitro benzene ring substituents is 1. The first-order valence-corrected chi connectivity index (χ1v) is 8.26. The van der Waals surface area contributed by atoms with Crippen LogP contribution in [0.15, 0.2) is 24.3 Å². The molecule has 9 heteroatoms. The van der Waals surface area contributed by atoms with Gasteiger partial charge < -0.3 is 14.7 Å². The first-order chi connectivity index (χ1) is 11.7. The highest BCUT2D eigenvalue weighted by molar-refractivity contribution is 7.59. The zero-order valence-electron chi connectivity index (χ0n) is 15.3. The number of aliphatic hydroxyl groups excluding tert-OH is 1. The van der Waals surface area contributed by atoms with Crippen LogP contribution in [-0.4, -0.2) is 63.8 Å². The maximum absolute atomic E-state index is 12.2. The molecule has 1 aromatic rings. The quantitative estimate of drug-likeness (QED) is 0.630. The first kappa shape index (κ1) is 22.2. The summed E-state index contributed by atoms with van der Waals surface area (Å²) >= 11 is 0. The molecule has 1 heterocycles. The van der Waals surface area contributed by atoms with Crippen molar-refractivity contribution in [2.45, 2.75) is 39.0 Å². The van der Waals surface area contributed by atoms with E-state index >= 15 is 0 Å². The lowest BCUT2D eigenvalue weighted by Crippen LogP contribution is -2.56. The third-order valence-corrected chi connectivity index (χ3v) is 3.97. The molecular formula is C17H27N3O5S. The molecule has 1 N–H and O–H groups in total. The largest absolute Gasteiger partial charge is 0.444 e. The molecule has 1 atom stereocenters. The van der Waals surface area contributed by atoms with E-state index < -0.39 is 10.5 Å². The lowest BCUT2D eigenvalue weighted by atomic mass is 10.1. The van der Waals surface area contributed by atoms with Crippen molar-refractivity contribution in [1.82, 2.24) is 9.80 Å². The second kappa shape index (κ2) is 9.20. The molecule has 0 aromatic heterocycles. The molecular weight excluding hydrogens is 358 g/mol. The summed E-state index contributed by atoms with van der Waals surface area (Å²) in [6, 6.07) is 6.22. The third kappa shape index (κ3) is 6.15. The third-order valence-electron chi connectivity index (χ3n) is 3.97. The number of hydrogen-bond acceptors (Lipinski definition) is 6. The topological polar surface area (TPSA) is 96.2 Å². The number of hydrogen-bond donors (Lipinski definition) is 1. The Bertz CT molecular complexity index is 635. The number of nitro groups is 1. The van der Waals surface area contributed by atoms with E-state index in [0.717, 1.165) is 5.56 Å². The number of piperazine rings is 1. The van der Waals surface area contributed by atoms with Gasteiger partial charge in [0.05, 0.1) is 17.6 Å². The van der Waals surface area contributed by atoms with Crippen molar-refractivity contribution in [3.63, 3.8) is 0 Å². The van der Waals surface area contributed by atoms with Gasteiger partial charge in [0, 0.05) is 38.3 Å². The molecule has 1 aliphatic rings. The fourth-order valence-corrected chi connectivity index (χ4v) is 2.77. The molecule has 0 spiro atoms. The second-order valence-corrected chi connectivity index (χ2v) is 7.16. The van der Waals surface area contributed by atoms with Gasteiger partial charge in [-0.2, -0.15) is 13.5 Å². The number of rotatable bonds is 4. The highest BCUT2D eigenvalue weighted by Crippen LogP contribution is 2.19. The molecule has 1 aliphatic heterocycles. The number of nitrogens with zero attached hydrogens (tertiary/aromatic N) is 3. The normalized spacial score (nSPS) is 18.2. The maximum atomic E-state index is 12.2. The van der Waals surface area contributed by atoms with E-state index in [1.165, 1.54) is 12.1 Å². The summed E-state index contributed by atoms with van der Waals surface area (Å²) in [5.41, 5.74) is 0.287. The van der Waals surface area contributed by atoms with Crippen LogP contribution in [0.5, 0.6) is 0 Å². The Hall–Kier alpha value is -1.84. The second-order valence-electron chi connectivity index (χ2n) is 7.16. The molecule has 0 saturated carbocycles. The Morgan fingerprint density at radius 1 is 1.38 bits per heavy atom. The van der Waals surface area contributed by atoms with Gasteiger partial charge in [-0.1, -0.05) is 12.1 Å². The van der Waals surface area contributed by atoms with Crippen molar-refractivity contribution >= 4 is 25.3 Å². The van der Waals surface area contributed by atoms with Crippen molar-refractivity contribution in [3.8, 4) is 0 Å². The van der Waals surface area contributed by atoms with Gasteiger partial charge in [0.25, 0.3) is 5.69 Å². The summed E-state index contributed by atoms with van der Waals surface area (Å²) in [4.78, 5) is 26.3. The molecule has 8 nitrogen and oxygen atoms in total. The van der Waals surface area contributed by atoms with Gasteiger partial charge in [0.15, 0.2) is 0 Å². The van der Waals surface area contributed by atoms with E-state index in [1.807, 2.05) is 31.7 Å². The van der Waals surface area contributed by atoms with Gasteiger partial charge in [-0.25, -0.2) is 4.79 Å². The van der Waals surface area contributed by atoms with E-state index in [2.05, 4.69) is 0 Å². The van der Waals surface area contributed by atoms with Crippen molar-refractivity contribution in [2.24, 2.45) is 0 Å². The number of benzene rings is 1. The number of ether oxygens (including phenoxy) is 1. The van der Waals surface area contributed by atoms with Crippen LogP contribution in [0.4, 0.5) is 10.5 Å². The lowest BCUT2D eigenvalue weighted by Gasteiger charge is -2.40. The predicted molar refractivity (Wildman–Crippen MR) is 103 cm³/mol. The molecule has 146 valence electrons. The van der Waals surface area contributed by atoms with Crippen molar-refractivity contribution in [2.75, 3.05) is 26.2 Å². The fraction of sp³-hybridized carbons (Fsp3) is 0.588. The van der Waals surface area contributed by atoms with Crippen LogP contribution in [0.3, 0.4) is 0 Å². The minimum atomic E-state index is -0.564. The highest BCUT2D eigenvalue weighted by atomic mass is 32.1. The van der Waals surface area contributed by atoms with Crippen LogP contribution >= 0.6 is 13.5 Å². The number of carbonyl (C=O) groups excluding carboxylic acids is 1. The van der Waals surface area contributed by atoms with Crippen molar-refractivity contribution in [1.29, 1.82) is 0 Å². The van der Waals surface area contributed by atoms with E-state index in [0.29, 0.717) is 26.2 Å². The lowest BCUT2D eigenvalue weighted by molar-refractivity contribution is -0.384. The van der Waals surface area contributed by atoms with Gasteiger partial charge in [-0.05, 0) is 26.3 Å². The molecule has 1 fully saturated rings. The van der Waals surface area contributed by atoms with Crippen LogP contribution in [-0.2, 0) is 11.3 Å². The predicted octanol–water partition coefficient (Wildman–Crippen LogP) is 2.12. The molecule has 2 rings (SSSR count). The molecule has 1 unspecified atom stereocenters. The minimum Gasteiger partial charge on any atom is -0.444 e. The Kier molecular flexibility index (Phi) is 7.86. The van der Waals surface area contributed by atoms with Gasteiger partial charge >= 0.3 is 6.09 Å². The van der Waals surface area contributed by atoms with E-state index in [-0.39, 0.29) is 37.9 Å². The Labute approximate surface area is 160 Å². The van der Waals surface area contributed by atoms with Crippen LogP contribution in [0.25, 0.3) is 0 Å². The molecule has 0 aliphatic carbocycles. The van der Waals surface area contributed by atoms with Gasteiger partial charge in [0.1, 0.15) is 5.60 Å². The summed E-state index contributed by atoms with van der Waals surface area (Å²) < 4.78 is 5.38. The SMILES string of the molecule is CC(C)(C)OC(=O)N1CCN(Cc2cccc([N+](=O)[O-])c2)C(CO)C1.S. The minimum absolute atomic E-state index is 0. The average Bonchev–Trinajstić information content (AvgIpc) is 2.53. The molecule has 1 saturated heterocycles. The van der Waals surface area contributed by atoms with Crippen LogP contribution in [0.1, 0.15) is 26.3 Å². The van der Waals surface area contributed by atoms with E-state index in [1.54, 1.807) is 11.0 Å². The molecule has 1 amide bonds. The average molecular weight is 385 g/mol.